The standard InChI is InChI=1S/C80H121N19O20/c1-17-78(14,95-63(109)53(32-34-58(82)104)90-68(114)75(8,9)93-64(110)54(87-45(5)101)37-47-39-83-51-29-24-23-28-50(47)51)70(116)85-41-60(106)91-79(15,18-2)71(117)86-44(4)61(107)92-76(10,11)69(115)97-74(6,7)67(113)84-40-59(105)89-52(31-33-57(81)103)62(108)96-80(16,19-3)73(119)99-42-49(102)38-56(99)66(112)94-77(12,13)72(118)98-35-25-30-55(98)65(111)88-48(43-100)36-46-26-21-20-22-27-46/h20-24,26-29,39,44,48-49,52-56,83,100,102H,17-19,25,30-38,40-43H2,1-16H3,(H2,81,103)(H2,82,104)(H,84,113)(H,85,116)(H,86,117)(H,87,101)(H,88,111)(H,89,105)(H,90,114)(H,91,106)(H,92,107)(H,93,110)(H,94,112)(H,95,109)(H,96,108)(H,97,115)/t44-,48-,49-,52-,53-,54-,55-,56+,78-,79-,80?/m0/s1. The molecule has 0 spiro atoms. The molecule has 39 heteroatoms. The van der Waals surface area contributed by atoms with Crippen LogP contribution < -0.4 is 85.9 Å². The van der Waals surface area contributed by atoms with E-state index in [0.29, 0.717) is 24.8 Å². The molecule has 0 bridgehead atoms. The van der Waals surface area contributed by atoms with Crippen LogP contribution in [0, 0.1) is 0 Å². The first-order chi connectivity index (χ1) is 55.3. The van der Waals surface area contributed by atoms with Crippen molar-refractivity contribution < 1.29 is 96.5 Å². The second-order valence-electron chi connectivity index (χ2n) is 33.1. The number of nitrogens with two attached hydrogens (primary N) is 2. The second kappa shape index (κ2) is 41.7. The van der Waals surface area contributed by atoms with Crippen LogP contribution in [0.4, 0.5) is 0 Å². The molecule has 119 heavy (non-hydrogen) atoms. The number of rotatable bonds is 43. The van der Waals surface area contributed by atoms with Gasteiger partial charge in [-0.1, -0.05) is 69.3 Å². The highest BCUT2D eigenvalue weighted by atomic mass is 16.3. The van der Waals surface area contributed by atoms with E-state index in [0.717, 1.165) is 21.4 Å². The molecule has 21 N–H and O–H groups in total. The van der Waals surface area contributed by atoms with Gasteiger partial charge in [-0.05, 0) is 152 Å². The van der Waals surface area contributed by atoms with E-state index in [2.05, 4.69) is 79.4 Å². The molecule has 2 aromatic carbocycles. The van der Waals surface area contributed by atoms with Gasteiger partial charge in [0.25, 0.3) is 0 Å². The van der Waals surface area contributed by atoms with E-state index in [4.69, 9.17) is 11.5 Å². The molecule has 0 saturated carbocycles. The molecule has 11 atom stereocenters. The van der Waals surface area contributed by atoms with Gasteiger partial charge >= 0.3 is 0 Å². The SMILES string of the molecule is CCC(C)(NC(=O)[C@H](CCC(N)=O)NC(=O)CNC(=O)C(C)(C)NC(=O)C(C)(C)NC(=O)[C@H](C)NC(=O)[C@](C)(CC)NC(=O)CNC(=O)[C@](C)(CC)NC(=O)[C@H](CCC(N)=O)NC(=O)C(C)(C)NC(=O)[C@H](Cc1c[nH]c2ccccc12)NC(C)=O)C(=O)N1C[C@@H](O)C[C@@H]1C(=O)NC(C)(C)C(=O)N1CCC[C@H]1C(=O)N[C@H](CO)Cc1ccccc1. The minimum Gasteiger partial charge on any atom is -0.394 e. The highest BCUT2D eigenvalue weighted by Gasteiger charge is 2.50. The van der Waals surface area contributed by atoms with Gasteiger partial charge in [0.05, 0.1) is 31.8 Å². The maximum absolute atomic E-state index is 14.6. The quantitative estimate of drug-likeness (QED) is 0.0262. The summed E-state index contributed by atoms with van der Waals surface area (Å²) in [4.78, 5) is 251. The molecule has 656 valence electrons. The zero-order valence-corrected chi connectivity index (χ0v) is 70.7. The molecule has 2 fully saturated rings. The molecule has 2 aliphatic rings. The minimum atomic E-state index is -1.85. The Hall–Kier alpha value is -11.6. The predicted octanol–water partition coefficient (Wildman–Crippen LogP) is -3.44. The number of aliphatic hydroxyl groups excluding tert-OH is 2. The maximum atomic E-state index is 14.6. The van der Waals surface area contributed by atoms with E-state index in [1.807, 2.05) is 54.6 Å². The van der Waals surface area contributed by atoms with Gasteiger partial charge in [-0.2, -0.15) is 0 Å². The maximum Gasteiger partial charge on any atom is 0.248 e. The van der Waals surface area contributed by atoms with E-state index in [1.165, 1.54) is 102 Å². The van der Waals surface area contributed by atoms with Crippen molar-refractivity contribution in [3.63, 3.8) is 0 Å². The van der Waals surface area contributed by atoms with Crippen molar-refractivity contribution in [1.29, 1.82) is 0 Å². The third kappa shape index (κ3) is 27.2. The van der Waals surface area contributed by atoms with Crippen LogP contribution in [-0.4, -0.2) is 251 Å². The fourth-order valence-electron chi connectivity index (χ4n) is 13.3. The summed E-state index contributed by atoms with van der Waals surface area (Å²) in [6, 6.07) is 7.95. The van der Waals surface area contributed by atoms with Crippen molar-refractivity contribution in [3.8, 4) is 0 Å². The summed E-state index contributed by atoms with van der Waals surface area (Å²) in [5, 5.41) is 57.6. The van der Waals surface area contributed by atoms with Gasteiger partial charge in [0.2, 0.25) is 106 Å². The number of aromatic nitrogens is 1. The number of carbonyl (C=O) groups is 18. The zero-order valence-electron chi connectivity index (χ0n) is 70.7. The Bertz CT molecular complexity index is 4280. The number of fused-ring (bicyclic) bond motifs is 1. The smallest absolute Gasteiger partial charge is 0.248 e. The lowest BCUT2D eigenvalue weighted by atomic mass is 9.94. The number of aromatic amines is 1. The molecule has 3 aromatic rings. The number of likely N-dealkylation sites (tertiary alicyclic amines) is 2. The molecule has 2 aliphatic heterocycles. The van der Waals surface area contributed by atoms with Gasteiger partial charge in [-0.25, -0.2) is 0 Å². The van der Waals surface area contributed by atoms with Crippen LogP contribution in [0.15, 0.2) is 60.8 Å². The molecule has 1 aromatic heterocycles. The first kappa shape index (κ1) is 97.9. The van der Waals surface area contributed by atoms with E-state index < -0.39 is 226 Å². The molecule has 2 saturated heterocycles. The number of aliphatic hydroxyl groups is 2. The average molecular weight is 1670 g/mol. The number of para-hydroxylation sites is 1. The van der Waals surface area contributed by atoms with Crippen molar-refractivity contribution in [3.05, 3.63) is 71.9 Å². The van der Waals surface area contributed by atoms with Crippen LogP contribution >= 0.6 is 0 Å². The highest BCUT2D eigenvalue weighted by Crippen LogP contribution is 2.28. The number of carbonyl (C=O) groups excluding carboxylic acids is 18. The topological polar surface area (TPSA) is 590 Å². The summed E-state index contributed by atoms with van der Waals surface area (Å²) in [6.07, 6.45) is -0.545. The largest absolute Gasteiger partial charge is 0.394 e. The highest BCUT2D eigenvalue weighted by molar-refractivity contribution is 6.03. The number of amides is 18. The van der Waals surface area contributed by atoms with Gasteiger partial charge in [0, 0.05) is 62.8 Å². The lowest BCUT2D eigenvalue weighted by Gasteiger charge is -2.37. The van der Waals surface area contributed by atoms with Crippen LogP contribution in [-0.2, 0) is 99.1 Å². The molecule has 18 amide bonds. The van der Waals surface area contributed by atoms with Crippen LogP contribution in [0.3, 0.4) is 0 Å². The van der Waals surface area contributed by atoms with Crippen LogP contribution in [0.2, 0.25) is 0 Å². The first-order valence-electron chi connectivity index (χ1n) is 39.7. The summed E-state index contributed by atoms with van der Waals surface area (Å²) in [6.45, 7) is 19.7. The zero-order chi connectivity index (χ0) is 89.7. The van der Waals surface area contributed by atoms with Crippen LogP contribution in [0.1, 0.15) is 186 Å². The molecular weight excluding hydrogens is 1550 g/mol. The van der Waals surface area contributed by atoms with E-state index in [9.17, 15) is 96.5 Å². The Morgan fingerprint density at radius 2 is 1.03 bits per heavy atom. The van der Waals surface area contributed by atoms with Crippen LogP contribution in [0.25, 0.3) is 10.9 Å². The number of hydrogen-bond acceptors (Lipinski definition) is 20. The Morgan fingerprint density at radius 3 is 1.61 bits per heavy atom. The van der Waals surface area contributed by atoms with Gasteiger partial charge in [-0.3, -0.25) is 86.3 Å². The molecule has 3 heterocycles. The van der Waals surface area contributed by atoms with Crippen molar-refractivity contribution in [1.82, 2.24) is 89.2 Å². The van der Waals surface area contributed by atoms with E-state index in [1.54, 1.807) is 20.0 Å². The third-order valence-corrected chi connectivity index (χ3v) is 21.3. The Labute approximate surface area is 691 Å². The normalized spacial score (nSPS) is 17.6. The van der Waals surface area contributed by atoms with Crippen molar-refractivity contribution >= 4 is 117 Å². The summed E-state index contributed by atoms with van der Waals surface area (Å²) >= 11 is 0. The van der Waals surface area contributed by atoms with Gasteiger partial charge in [-0.15, -0.1) is 0 Å². The third-order valence-electron chi connectivity index (χ3n) is 21.3. The Balaban J connectivity index is 1.12. The molecule has 39 nitrogen and oxygen atoms in total. The van der Waals surface area contributed by atoms with Gasteiger partial charge < -0.3 is 111 Å². The summed E-state index contributed by atoms with van der Waals surface area (Å²) in [7, 11) is 0. The Kier molecular flexibility index (Phi) is 34.3. The fraction of sp³-hybridized carbons (Fsp3) is 0.600. The number of H-pyrrole nitrogens is 1. The molecule has 0 aliphatic carbocycles. The van der Waals surface area contributed by atoms with Gasteiger partial charge in [0.1, 0.15) is 75.0 Å². The van der Waals surface area contributed by atoms with Crippen LogP contribution in [0.5, 0.6) is 0 Å². The summed E-state index contributed by atoms with van der Waals surface area (Å²) < 4.78 is 0. The number of hydrogen-bond donors (Lipinski definition) is 19. The van der Waals surface area contributed by atoms with Crippen molar-refractivity contribution in [2.45, 2.75) is 275 Å². The summed E-state index contributed by atoms with van der Waals surface area (Å²) in [5.74, 6) is -15.0. The second-order valence-corrected chi connectivity index (χ2v) is 33.1. The summed E-state index contributed by atoms with van der Waals surface area (Å²) in [5.41, 5.74) is 0.809. The Morgan fingerprint density at radius 1 is 0.504 bits per heavy atom. The monoisotopic (exact) mass is 1670 g/mol. The lowest BCUT2D eigenvalue weighted by molar-refractivity contribution is -0.148. The minimum absolute atomic E-state index is 0.0381. The van der Waals surface area contributed by atoms with Crippen molar-refractivity contribution in [2.75, 3.05) is 32.8 Å². The first-order valence-corrected chi connectivity index (χ1v) is 39.7. The van der Waals surface area contributed by atoms with Gasteiger partial charge in [0.15, 0.2) is 0 Å². The molecule has 1 unspecified atom stereocenters. The number of β-amino-alcohol motifs (C(OH)–C–C–N with tert-alkyl or cyclic N) is 1. The number of nitrogens with one attached hydrogen (secondary N) is 15. The number of benzene rings is 2. The van der Waals surface area contributed by atoms with Crippen molar-refractivity contribution in [2.24, 2.45) is 11.5 Å². The number of nitrogens with zero attached hydrogens (tertiary/aromatic N) is 2. The average Bonchev–Trinajstić information content (AvgIpc) is 1.66. The molecular formula is C80H121N19O20. The fourth-order valence-corrected chi connectivity index (χ4v) is 13.3. The number of primary amides is 2. The van der Waals surface area contributed by atoms with E-state index >= 15 is 0 Å². The van der Waals surface area contributed by atoms with E-state index in [-0.39, 0.29) is 58.2 Å². The lowest BCUT2D eigenvalue weighted by Crippen LogP contribution is -2.66. The molecule has 0 radical (unpaired) electrons. The predicted molar refractivity (Wildman–Crippen MR) is 433 cm³/mol. The molecule has 5 rings (SSSR count).